The van der Waals surface area contributed by atoms with Crippen LogP contribution >= 0.6 is 33.9 Å². The van der Waals surface area contributed by atoms with Crippen LogP contribution in [0.5, 0.6) is 11.5 Å². The monoisotopic (exact) mass is 753 g/mol. The SMILES string of the molecule is CCOC(=O)C1=C(c2ccccc2)N=c2s/c(=C\c3cc(I)c(OCc4ccc(C#N)cc4)c(OC)c3)c(=O)n2[C@H]1c1ccccc1. The van der Waals surface area contributed by atoms with Crippen molar-refractivity contribution in [1.82, 2.24) is 4.57 Å². The number of hydrogen-bond acceptors (Lipinski definition) is 8. The fourth-order valence-electron chi connectivity index (χ4n) is 5.34. The molecule has 2 heterocycles. The molecule has 8 nitrogen and oxygen atoms in total. The Bertz CT molecular complexity index is 2200. The lowest BCUT2D eigenvalue weighted by molar-refractivity contribution is -0.138. The molecule has 234 valence electrons. The summed E-state index contributed by atoms with van der Waals surface area (Å²) in [6, 6.07) is 31.3. The largest absolute Gasteiger partial charge is 0.493 e. The van der Waals surface area contributed by atoms with Gasteiger partial charge in [0.25, 0.3) is 5.56 Å². The number of ether oxygens (including phenoxy) is 3. The van der Waals surface area contributed by atoms with Gasteiger partial charge in [0.15, 0.2) is 16.3 Å². The molecule has 0 radical (unpaired) electrons. The predicted molar refractivity (Wildman–Crippen MR) is 189 cm³/mol. The Balaban J connectivity index is 1.46. The highest BCUT2D eigenvalue weighted by Gasteiger charge is 2.35. The van der Waals surface area contributed by atoms with E-state index in [-0.39, 0.29) is 12.2 Å². The van der Waals surface area contributed by atoms with E-state index in [1.165, 1.54) is 11.3 Å². The van der Waals surface area contributed by atoms with E-state index < -0.39 is 12.0 Å². The van der Waals surface area contributed by atoms with Gasteiger partial charge in [-0.1, -0.05) is 84.1 Å². The minimum absolute atomic E-state index is 0.185. The second kappa shape index (κ2) is 14.2. The van der Waals surface area contributed by atoms with Crippen molar-refractivity contribution in [1.29, 1.82) is 5.26 Å². The van der Waals surface area contributed by atoms with Crippen molar-refractivity contribution >= 4 is 51.7 Å². The van der Waals surface area contributed by atoms with Crippen LogP contribution in [0.4, 0.5) is 0 Å². The van der Waals surface area contributed by atoms with Crippen LogP contribution < -0.4 is 24.4 Å². The summed E-state index contributed by atoms with van der Waals surface area (Å²) in [6.07, 6.45) is 1.80. The van der Waals surface area contributed by atoms with Gasteiger partial charge in [0, 0.05) is 5.56 Å². The van der Waals surface area contributed by atoms with Crippen molar-refractivity contribution in [3.05, 3.63) is 154 Å². The molecule has 6 rings (SSSR count). The van der Waals surface area contributed by atoms with Crippen LogP contribution in [-0.2, 0) is 16.1 Å². The first-order valence-corrected chi connectivity index (χ1v) is 16.6. The molecule has 47 heavy (non-hydrogen) atoms. The fraction of sp³-hybridized carbons (Fsp3) is 0.135. The number of thiazole rings is 1. The lowest BCUT2D eigenvalue weighted by Crippen LogP contribution is -2.40. The summed E-state index contributed by atoms with van der Waals surface area (Å²) < 4.78 is 20.2. The summed E-state index contributed by atoms with van der Waals surface area (Å²) in [7, 11) is 1.57. The zero-order valence-corrected chi connectivity index (χ0v) is 28.4. The van der Waals surface area contributed by atoms with E-state index in [9.17, 15) is 9.59 Å². The van der Waals surface area contributed by atoms with E-state index in [1.807, 2.05) is 84.9 Å². The molecule has 0 saturated heterocycles. The molecule has 4 aromatic carbocycles. The lowest BCUT2D eigenvalue weighted by atomic mass is 9.93. The third-order valence-electron chi connectivity index (χ3n) is 7.50. The van der Waals surface area contributed by atoms with Gasteiger partial charge in [-0.15, -0.1) is 0 Å². The van der Waals surface area contributed by atoms with Gasteiger partial charge in [0.1, 0.15) is 6.61 Å². The van der Waals surface area contributed by atoms with Crippen LogP contribution in [0.2, 0.25) is 0 Å². The minimum Gasteiger partial charge on any atom is -0.493 e. The van der Waals surface area contributed by atoms with Crippen molar-refractivity contribution in [2.24, 2.45) is 4.99 Å². The minimum atomic E-state index is -0.739. The van der Waals surface area contributed by atoms with E-state index in [0.717, 1.165) is 25.8 Å². The van der Waals surface area contributed by atoms with E-state index in [1.54, 1.807) is 36.8 Å². The third kappa shape index (κ3) is 6.63. The predicted octanol–water partition coefficient (Wildman–Crippen LogP) is 6.00. The number of hydrogen-bond donors (Lipinski definition) is 0. The summed E-state index contributed by atoms with van der Waals surface area (Å²) in [5.74, 6) is 0.573. The number of carbonyl (C=O) groups excluding carboxylic acids is 1. The van der Waals surface area contributed by atoms with Gasteiger partial charge < -0.3 is 14.2 Å². The Morgan fingerprint density at radius 1 is 1.04 bits per heavy atom. The number of carbonyl (C=O) groups is 1. The highest BCUT2D eigenvalue weighted by molar-refractivity contribution is 14.1. The van der Waals surface area contributed by atoms with Gasteiger partial charge >= 0.3 is 5.97 Å². The molecule has 0 saturated carbocycles. The number of nitrogens with zero attached hydrogens (tertiary/aromatic N) is 3. The third-order valence-corrected chi connectivity index (χ3v) is 9.29. The highest BCUT2D eigenvalue weighted by atomic mass is 127. The van der Waals surface area contributed by atoms with Gasteiger partial charge in [0.05, 0.1) is 50.8 Å². The van der Waals surface area contributed by atoms with Crippen LogP contribution in [0.15, 0.2) is 112 Å². The van der Waals surface area contributed by atoms with Crippen molar-refractivity contribution < 1.29 is 19.0 Å². The Kier molecular flexibility index (Phi) is 9.65. The van der Waals surface area contributed by atoms with Crippen molar-refractivity contribution in [2.75, 3.05) is 13.7 Å². The summed E-state index contributed by atoms with van der Waals surface area (Å²) in [6.45, 7) is 2.23. The van der Waals surface area contributed by atoms with Crippen molar-refractivity contribution in [2.45, 2.75) is 19.6 Å². The number of esters is 1. The normalized spacial score (nSPS) is 14.2. The van der Waals surface area contributed by atoms with Crippen LogP contribution in [0.3, 0.4) is 0 Å². The van der Waals surface area contributed by atoms with E-state index >= 15 is 0 Å². The Morgan fingerprint density at radius 2 is 1.74 bits per heavy atom. The Morgan fingerprint density at radius 3 is 2.40 bits per heavy atom. The lowest BCUT2D eigenvalue weighted by Gasteiger charge is -2.25. The smallest absolute Gasteiger partial charge is 0.338 e. The maximum absolute atomic E-state index is 14.2. The van der Waals surface area contributed by atoms with Crippen LogP contribution in [0.1, 0.15) is 40.8 Å². The second-order valence-corrected chi connectivity index (χ2v) is 12.6. The van der Waals surface area contributed by atoms with Crippen LogP contribution in [0.25, 0.3) is 11.8 Å². The molecule has 1 aliphatic heterocycles. The number of fused-ring (bicyclic) bond motifs is 1. The van der Waals surface area contributed by atoms with Gasteiger partial charge in [0.2, 0.25) is 0 Å². The number of halogens is 1. The first-order valence-electron chi connectivity index (χ1n) is 14.7. The standard InChI is InChI=1S/C37H28IN3O5S/c1-3-45-36(43)31-32(26-10-6-4-7-11-26)40-37-41(33(31)27-12-8-5-9-13-27)35(42)30(47-37)20-25-18-28(38)34(29(19-25)44-2)46-22-24-16-14-23(21-39)15-17-24/h4-20,33H,3,22H2,1-2H3/b30-20-/t33-/m0/s1. The van der Waals surface area contributed by atoms with Gasteiger partial charge in [-0.2, -0.15) is 5.26 Å². The molecule has 10 heteroatoms. The van der Waals surface area contributed by atoms with Crippen LogP contribution in [0, 0.1) is 14.9 Å². The molecule has 0 aliphatic carbocycles. The first-order chi connectivity index (χ1) is 22.9. The molecule has 1 atom stereocenters. The molecule has 0 fully saturated rings. The number of nitriles is 1. The molecule has 1 aliphatic rings. The van der Waals surface area contributed by atoms with Gasteiger partial charge in [-0.25, -0.2) is 9.79 Å². The molecule has 0 amide bonds. The number of aromatic nitrogens is 1. The maximum Gasteiger partial charge on any atom is 0.338 e. The molecule has 0 bridgehead atoms. The van der Waals surface area contributed by atoms with Crippen molar-refractivity contribution in [3.63, 3.8) is 0 Å². The summed E-state index contributed by atoms with van der Waals surface area (Å²) in [5.41, 5.74) is 4.28. The zero-order valence-electron chi connectivity index (χ0n) is 25.5. The fourth-order valence-corrected chi connectivity index (χ4v) is 7.12. The Labute approximate surface area is 288 Å². The molecule has 0 N–H and O–H groups in total. The molecular formula is C37H28IN3O5S. The van der Waals surface area contributed by atoms with E-state index in [2.05, 4.69) is 28.7 Å². The second-order valence-electron chi connectivity index (χ2n) is 10.5. The first kappa shape index (κ1) is 32.0. The molecule has 0 spiro atoms. The van der Waals surface area contributed by atoms with E-state index in [0.29, 0.717) is 44.3 Å². The number of benzene rings is 4. The van der Waals surface area contributed by atoms with Gasteiger partial charge in [-0.3, -0.25) is 9.36 Å². The Hall–Kier alpha value is -4.99. The van der Waals surface area contributed by atoms with Gasteiger partial charge in [-0.05, 0) is 76.5 Å². The quantitative estimate of drug-likeness (QED) is 0.135. The average Bonchev–Trinajstić information content (AvgIpc) is 3.41. The summed E-state index contributed by atoms with van der Waals surface area (Å²) in [5, 5.41) is 9.07. The number of rotatable bonds is 9. The maximum atomic E-state index is 14.2. The average molecular weight is 754 g/mol. The summed E-state index contributed by atoms with van der Waals surface area (Å²) >= 11 is 3.45. The zero-order chi connectivity index (χ0) is 32.9. The van der Waals surface area contributed by atoms with Crippen LogP contribution in [-0.4, -0.2) is 24.3 Å². The summed E-state index contributed by atoms with van der Waals surface area (Å²) in [4.78, 5) is 33.2. The van der Waals surface area contributed by atoms with Crippen molar-refractivity contribution in [3.8, 4) is 17.6 Å². The highest BCUT2D eigenvalue weighted by Crippen LogP contribution is 2.36. The molecule has 5 aromatic rings. The molecular weight excluding hydrogens is 725 g/mol. The molecule has 0 unspecified atom stereocenters. The number of methoxy groups -OCH3 is 1. The van der Waals surface area contributed by atoms with E-state index in [4.69, 9.17) is 24.5 Å². The molecule has 1 aromatic heterocycles. The topological polar surface area (TPSA) is 103 Å².